The number of carbonyl (C=O) groups is 1. The molecule has 3 rings (SSSR count). The zero-order valence-electron chi connectivity index (χ0n) is 17.0. The average Bonchev–Trinajstić information content (AvgIpc) is 3.26. The van der Waals surface area contributed by atoms with Crippen LogP contribution in [0.3, 0.4) is 0 Å². The summed E-state index contributed by atoms with van der Waals surface area (Å²) in [6, 6.07) is 10.9. The maximum Gasteiger partial charge on any atom is 0.261 e. The van der Waals surface area contributed by atoms with E-state index in [1.54, 1.807) is 63.3 Å². The van der Waals surface area contributed by atoms with Gasteiger partial charge in [0.15, 0.2) is 29.6 Å². The van der Waals surface area contributed by atoms with Crippen LogP contribution in [0.2, 0.25) is 0 Å². The lowest BCUT2D eigenvalue weighted by Gasteiger charge is -2.26. The highest BCUT2D eigenvalue weighted by Gasteiger charge is 2.33. The second-order valence-corrected chi connectivity index (χ2v) is 7.39. The van der Waals surface area contributed by atoms with Crippen LogP contribution < -0.4 is 23.7 Å². The summed E-state index contributed by atoms with van der Waals surface area (Å²) >= 11 is 1.67. The van der Waals surface area contributed by atoms with Crippen molar-refractivity contribution in [2.45, 2.75) is 5.37 Å². The third kappa shape index (κ3) is 4.48. The molecule has 1 aliphatic heterocycles. The fourth-order valence-electron chi connectivity index (χ4n) is 3.19. The molecule has 0 aliphatic carbocycles. The number of para-hydroxylation sites is 2. The van der Waals surface area contributed by atoms with Gasteiger partial charge < -0.3 is 28.6 Å². The molecular formula is C21H25NO6S. The lowest BCUT2D eigenvalue weighted by Crippen LogP contribution is -2.34. The predicted molar refractivity (Wildman–Crippen MR) is 111 cm³/mol. The van der Waals surface area contributed by atoms with Gasteiger partial charge in [0.2, 0.25) is 0 Å². The number of carbonyl (C=O) groups excluding carboxylic acids is 1. The molecule has 0 aromatic heterocycles. The number of rotatable bonds is 8. The maximum absolute atomic E-state index is 12.9. The fraction of sp³-hybridized carbons (Fsp3) is 0.381. The third-order valence-corrected chi connectivity index (χ3v) is 5.88. The Morgan fingerprint density at radius 1 is 0.931 bits per heavy atom. The molecule has 2 aromatic rings. The van der Waals surface area contributed by atoms with Crippen molar-refractivity contribution in [1.82, 2.24) is 4.90 Å². The van der Waals surface area contributed by atoms with Gasteiger partial charge in [-0.05, 0) is 18.2 Å². The third-order valence-electron chi connectivity index (χ3n) is 4.63. The van der Waals surface area contributed by atoms with Gasteiger partial charge in [-0.15, -0.1) is 11.8 Å². The number of benzene rings is 2. The van der Waals surface area contributed by atoms with Gasteiger partial charge >= 0.3 is 0 Å². The average molecular weight is 419 g/mol. The van der Waals surface area contributed by atoms with Crippen LogP contribution in [0.4, 0.5) is 0 Å². The highest BCUT2D eigenvalue weighted by atomic mass is 32.2. The van der Waals surface area contributed by atoms with Crippen molar-refractivity contribution in [3.05, 3.63) is 42.0 Å². The van der Waals surface area contributed by atoms with Crippen LogP contribution in [0.1, 0.15) is 10.9 Å². The lowest BCUT2D eigenvalue weighted by atomic mass is 10.1. The van der Waals surface area contributed by atoms with E-state index in [1.807, 2.05) is 18.2 Å². The predicted octanol–water partition coefficient (Wildman–Crippen LogP) is 3.37. The number of thioether (sulfide) groups is 1. The van der Waals surface area contributed by atoms with Crippen LogP contribution >= 0.6 is 11.8 Å². The van der Waals surface area contributed by atoms with E-state index in [9.17, 15) is 4.79 Å². The molecule has 1 saturated heterocycles. The molecule has 1 unspecified atom stereocenters. The second kappa shape index (κ2) is 9.65. The number of hydrogen-bond donors (Lipinski definition) is 0. The Balaban J connectivity index is 1.80. The minimum atomic E-state index is -0.196. The number of amides is 1. The normalized spacial score (nSPS) is 15.7. The lowest BCUT2D eigenvalue weighted by molar-refractivity contribution is -0.133. The molecule has 1 amide bonds. The van der Waals surface area contributed by atoms with Gasteiger partial charge in [-0.2, -0.15) is 0 Å². The first kappa shape index (κ1) is 21.0. The summed E-state index contributed by atoms with van der Waals surface area (Å²) < 4.78 is 27.3. The minimum Gasteiger partial charge on any atom is -0.496 e. The Kier molecular flexibility index (Phi) is 6.98. The zero-order chi connectivity index (χ0) is 20.8. The van der Waals surface area contributed by atoms with Crippen LogP contribution in [0.5, 0.6) is 28.7 Å². The molecule has 0 bridgehead atoms. The van der Waals surface area contributed by atoms with Gasteiger partial charge in [0.25, 0.3) is 5.91 Å². The van der Waals surface area contributed by atoms with E-state index in [1.165, 1.54) is 0 Å². The summed E-state index contributed by atoms with van der Waals surface area (Å²) in [7, 11) is 6.33. The van der Waals surface area contributed by atoms with Gasteiger partial charge in [-0.3, -0.25) is 4.79 Å². The standard InChI is InChI=1S/C21H25NO6S/c1-24-15-7-5-6-8-16(15)28-13-20(23)22-9-10-29-21(22)14-11-18(26-3)19(27-4)12-17(14)25-2/h5-8,11-12,21H,9-10,13H2,1-4H3. The summed E-state index contributed by atoms with van der Waals surface area (Å²) in [4.78, 5) is 14.7. The SMILES string of the molecule is COc1cc(OC)c(C2SCCN2C(=O)COc2ccccc2OC)cc1OC. The highest BCUT2D eigenvalue weighted by molar-refractivity contribution is 7.99. The van der Waals surface area contributed by atoms with Gasteiger partial charge in [-0.1, -0.05) is 12.1 Å². The molecule has 0 radical (unpaired) electrons. The Morgan fingerprint density at radius 3 is 2.21 bits per heavy atom. The van der Waals surface area contributed by atoms with E-state index in [0.29, 0.717) is 35.3 Å². The van der Waals surface area contributed by atoms with E-state index in [0.717, 1.165) is 11.3 Å². The first-order chi connectivity index (χ1) is 14.1. The molecule has 1 fully saturated rings. The van der Waals surface area contributed by atoms with Crippen LogP contribution in [0.25, 0.3) is 0 Å². The first-order valence-corrected chi connectivity index (χ1v) is 10.1. The molecule has 1 aliphatic rings. The Labute approximate surface area is 174 Å². The van der Waals surface area contributed by atoms with Crippen LogP contribution in [-0.4, -0.2) is 58.2 Å². The summed E-state index contributed by atoms with van der Waals surface area (Å²) in [5.74, 6) is 3.66. The second-order valence-electron chi connectivity index (χ2n) is 6.20. The summed E-state index contributed by atoms with van der Waals surface area (Å²) in [5, 5.41) is -0.196. The van der Waals surface area contributed by atoms with Crippen LogP contribution in [-0.2, 0) is 4.79 Å². The van der Waals surface area contributed by atoms with Crippen molar-refractivity contribution in [2.75, 3.05) is 47.3 Å². The van der Waals surface area contributed by atoms with Crippen molar-refractivity contribution < 1.29 is 28.5 Å². The van der Waals surface area contributed by atoms with Crippen molar-refractivity contribution >= 4 is 17.7 Å². The van der Waals surface area contributed by atoms with Gasteiger partial charge in [0.1, 0.15) is 11.1 Å². The quantitative estimate of drug-likeness (QED) is 0.650. The Hall–Kier alpha value is -2.74. The van der Waals surface area contributed by atoms with Gasteiger partial charge in [0.05, 0.1) is 28.4 Å². The topological polar surface area (TPSA) is 66.5 Å². The number of methoxy groups -OCH3 is 4. The van der Waals surface area contributed by atoms with Crippen LogP contribution in [0.15, 0.2) is 36.4 Å². The summed E-state index contributed by atoms with van der Waals surface area (Å²) in [5.41, 5.74) is 0.860. The molecule has 8 heteroatoms. The molecule has 1 heterocycles. The largest absolute Gasteiger partial charge is 0.496 e. The summed E-state index contributed by atoms with van der Waals surface area (Å²) in [6.45, 7) is 0.550. The van der Waals surface area contributed by atoms with E-state index in [4.69, 9.17) is 23.7 Å². The molecule has 0 saturated carbocycles. The van der Waals surface area contributed by atoms with Crippen molar-refractivity contribution in [1.29, 1.82) is 0 Å². The Morgan fingerprint density at radius 2 is 1.55 bits per heavy atom. The smallest absolute Gasteiger partial charge is 0.261 e. The van der Waals surface area contributed by atoms with Gasteiger partial charge in [-0.25, -0.2) is 0 Å². The minimum absolute atomic E-state index is 0.0764. The van der Waals surface area contributed by atoms with Crippen molar-refractivity contribution in [3.63, 3.8) is 0 Å². The zero-order valence-corrected chi connectivity index (χ0v) is 17.8. The molecule has 156 valence electrons. The number of ether oxygens (including phenoxy) is 5. The van der Waals surface area contributed by atoms with Crippen molar-refractivity contribution in [3.8, 4) is 28.7 Å². The Bertz CT molecular complexity index is 859. The molecule has 2 aromatic carbocycles. The van der Waals surface area contributed by atoms with E-state index < -0.39 is 0 Å². The molecule has 7 nitrogen and oxygen atoms in total. The first-order valence-electron chi connectivity index (χ1n) is 9.09. The van der Waals surface area contributed by atoms with E-state index >= 15 is 0 Å². The molecule has 29 heavy (non-hydrogen) atoms. The molecule has 0 spiro atoms. The fourth-order valence-corrected chi connectivity index (χ4v) is 4.48. The highest BCUT2D eigenvalue weighted by Crippen LogP contribution is 2.46. The number of hydrogen-bond acceptors (Lipinski definition) is 7. The molecule has 0 N–H and O–H groups in total. The monoisotopic (exact) mass is 419 g/mol. The maximum atomic E-state index is 12.9. The number of nitrogens with zero attached hydrogens (tertiary/aromatic N) is 1. The molecule has 1 atom stereocenters. The van der Waals surface area contributed by atoms with Gasteiger partial charge in [0, 0.05) is 23.9 Å². The summed E-state index contributed by atoms with van der Waals surface area (Å²) in [6.07, 6.45) is 0. The van der Waals surface area contributed by atoms with E-state index in [2.05, 4.69) is 0 Å². The van der Waals surface area contributed by atoms with Crippen molar-refractivity contribution in [2.24, 2.45) is 0 Å². The van der Waals surface area contributed by atoms with E-state index in [-0.39, 0.29) is 17.9 Å². The van der Waals surface area contributed by atoms with Crippen LogP contribution in [0, 0.1) is 0 Å². The molecular weight excluding hydrogens is 394 g/mol.